The van der Waals surface area contributed by atoms with E-state index < -0.39 is 17.8 Å². The van der Waals surface area contributed by atoms with Crippen molar-refractivity contribution in [1.29, 1.82) is 0 Å². The minimum Gasteiger partial charge on any atom is -0.444 e. The molecule has 0 unspecified atom stereocenters. The third-order valence-electron chi connectivity index (χ3n) is 3.68. The SMILES string of the molecule is CC(C)(C)OC(=O)N1C[C@H](O)C[C@H]1c1nc2ccc(I)cc2[nH]1. The summed E-state index contributed by atoms with van der Waals surface area (Å²) in [6.07, 6.45) is -0.536. The molecular weight excluding hydrogens is 409 g/mol. The molecule has 6 nitrogen and oxygen atoms in total. The second-order valence-electron chi connectivity index (χ2n) is 6.82. The van der Waals surface area contributed by atoms with Crippen molar-refractivity contribution < 1.29 is 14.6 Å². The van der Waals surface area contributed by atoms with Crippen LogP contribution in [0.1, 0.15) is 39.1 Å². The third kappa shape index (κ3) is 3.60. The average molecular weight is 429 g/mol. The number of imidazole rings is 1. The Morgan fingerprint density at radius 1 is 1.48 bits per heavy atom. The Bertz CT molecular complexity index is 738. The van der Waals surface area contributed by atoms with Crippen LogP contribution in [0.2, 0.25) is 0 Å². The van der Waals surface area contributed by atoms with Crippen molar-refractivity contribution >= 4 is 39.7 Å². The Balaban J connectivity index is 1.90. The molecule has 7 heteroatoms. The molecule has 1 saturated heterocycles. The van der Waals surface area contributed by atoms with Crippen LogP contribution in [0.25, 0.3) is 11.0 Å². The van der Waals surface area contributed by atoms with Crippen molar-refractivity contribution in [2.75, 3.05) is 6.54 Å². The summed E-state index contributed by atoms with van der Waals surface area (Å²) < 4.78 is 6.56. The van der Waals surface area contributed by atoms with Gasteiger partial charge in [-0.2, -0.15) is 0 Å². The van der Waals surface area contributed by atoms with Crippen LogP contribution in [0.5, 0.6) is 0 Å². The summed E-state index contributed by atoms with van der Waals surface area (Å²) in [5, 5.41) is 10.0. The van der Waals surface area contributed by atoms with Gasteiger partial charge in [0.2, 0.25) is 0 Å². The molecule has 1 fully saturated rings. The highest BCUT2D eigenvalue weighted by Crippen LogP contribution is 2.33. The number of benzene rings is 1. The smallest absolute Gasteiger partial charge is 0.411 e. The molecular formula is C16H20IN3O3. The number of carbonyl (C=O) groups excluding carboxylic acids is 1. The maximum absolute atomic E-state index is 12.4. The fourth-order valence-corrected chi connectivity index (χ4v) is 3.25. The molecule has 1 aromatic carbocycles. The van der Waals surface area contributed by atoms with E-state index >= 15 is 0 Å². The van der Waals surface area contributed by atoms with Crippen LogP contribution >= 0.6 is 22.6 Å². The highest BCUT2D eigenvalue weighted by molar-refractivity contribution is 14.1. The molecule has 124 valence electrons. The average Bonchev–Trinajstić information content (AvgIpc) is 2.99. The van der Waals surface area contributed by atoms with Crippen LogP contribution in [0, 0.1) is 3.57 Å². The first-order valence-electron chi connectivity index (χ1n) is 7.56. The van der Waals surface area contributed by atoms with Crippen molar-refractivity contribution in [3.8, 4) is 0 Å². The number of aromatic amines is 1. The second kappa shape index (κ2) is 5.94. The van der Waals surface area contributed by atoms with E-state index in [4.69, 9.17) is 4.74 Å². The van der Waals surface area contributed by atoms with Crippen molar-refractivity contribution in [3.05, 3.63) is 27.6 Å². The number of ether oxygens (including phenoxy) is 1. The zero-order chi connectivity index (χ0) is 16.8. The standard InChI is InChI=1S/C16H20IN3O3/c1-16(2,3)23-15(22)20-8-10(21)7-13(20)14-18-11-5-4-9(17)6-12(11)19-14/h4-6,10,13,21H,7-8H2,1-3H3,(H,18,19)/t10-,13+/m1/s1. The van der Waals surface area contributed by atoms with Gasteiger partial charge < -0.3 is 14.8 Å². The molecule has 0 radical (unpaired) electrons. The van der Waals surface area contributed by atoms with Crippen molar-refractivity contribution in [3.63, 3.8) is 0 Å². The van der Waals surface area contributed by atoms with E-state index in [1.165, 1.54) is 0 Å². The summed E-state index contributed by atoms with van der Waals surface area (Å²) in [6, 6.07) is 5.64. The first kappa shape index (κ1) is 16.5. The van der Waals surface area contributed by atoms with E-state index in [2.05, 4.69) is 32.6 Å². The lowest BCUT2D eigenvalue weighted by Gasteiger charge is -2.27. The number of rotatable bonds is 1. The van der Waals surface area contributed by atoms with E-state index in [0.717, 1.165) is 14.6 Å². The van der Waals surface area contributed by atoms with E-state index in [9.17, 15) is 9.90 Å². The van der Waals surface area contributed by atoms with Gasteiger partial charge in [0, 0.05) is 9.99 Å². The molecule has 1 aliphatic rings. The molecule has 2 N–H and O–H groups in total. The molecule has 1 aromatic heterocycles. The number of fused-ring (bicyclic) bond motifs is 1. The number of nitrogens with zero attached hydrogens (tertiary/aromatic N) is 2. The van der Waals surface area contributed by atoms with Crippen LogP contribution in [-0.2, 0) is 4.74 Å². The molecule has 2 aromatic rings. The van der Waals surface area contributed by atoms with Crippen LogP contribution in [0.15, 0.2) is 18.2 Å². The highest BCUT2D eigenvalue weighted by Gasteiger charge is 2.39. The van der Waals surface area contributed by atoms with Crippen molar-refractivity contribution in [1.82, 2.24) is 14.9 Å². The highest BCUT2D eigenvalue weighted by atomic mass is 127. The normalized spacial score (nSPS) is 21.9. The lowest BCUT2D eigenvalue weighted by molar-refractivity contribution is 0.0201. The van der Waals surface area contributed by atoms with Crippen LogP contribution in [-0.4, -0.2) is 44.3 Å². The number of carbonyl (C=O) groups is 1. The number of nitrogens with one attached hydrogen (secondary N) is 1. The van der Waals surface area contributed by atoms with Gasteiger partial charge in [-0.15, -0.1) is 0 Å². The monoisotopic (exact) mass is 429 g/mol. The molecule has 2 heterocycles. The molecule has 1 aliphatic heterocycles. The minimum atomic E-state index is -0.570. The van der Waals surface area contributed by atoms with Gasteiger partial charge in [-0.25, -0.2) is 9.78 Å². The number of aliphatic hydroxyl groups is 1. The zero-order valence-corrected chi connectivity index (χ0v) is 15.5. The molecule has 2 atom stereocenters. The topological polar surface area (TPSA) is 78.4 Å². The first-order valence-corrected chi connectivity index (χ1v) is 8.64. The number of amides is 1. The Labute approximate surface area is 148 Å². The van der Waals surface area contributed by atoms with Gasteiger partial charge >= 0.3 is 6.09 Å². The van der Waals surface area contributed by atoms with Crippen molar-refractivity contribution in [2.24, 2.45) is 0 Å². The van der Waals surface area contributed by atoms with E-state index in [-0.39, 0.29) is 12.6 Å². The number of β-amino-alcohol motifs (C(OH)–C–C–N with tert-alkyl or cyclic N) is 1. The predicted octanol–water partition coefficient (Wildman–Crippen LogP) is 3.21. The molecule has 0 aliphatic carbocycles. The van der Waals surface area contributed by atoms with Gasteiger partial charge in [0.15, 0.2) is 0 Å². The predicted molar refractivity (Wildman–Crippen MR) is 95.1 cm³/mol. The summed E-state index contributed by atoms with van der Waals surface area (Å²) in [5.41, 5.74) is 1.21. The quantitative estimate of drug-likeness (QED) is 0.683. The lowest BCUT2D eigenvalue weighted by Crippen LogP contribution is -2.37. The number of H-pyrrole nitrogens is 1. The summed E-state index contributed by atoms with van der Waals surface area (Å²) in [6.45, 7) is 5.74. The maximum atomic E-state index is 12.4. The van der Waals surface area contributed by atoms with Gasteiger partial charge in [0.1, 0.15) is 11.4 Å². The van der Waals surface area contributed by atoms with Gasteiger partial charge in [0.05, 0.1) is 29.7 Å². The van der Waals surface area contributed by atoms with Crippen LogP contribution in [0.3, 0.4) is 0 Å². The van der Waals surface area contributed by atoms with E-state index in [1.807, 2.05) is 39.0 Å². The summed E-state index contributed by atoms with van der Waals surface area (Å²) in [4.78, 5) is 21.8. The number of hydrogen-bond acceptors (Lipinski definition) is 4. The number of likely N-dealkylation sites (tertiary alicyclic amines) is 1. The Morgan fingerprint density at radius 3 is 2.91 bits per heavy atom. The fraction of sp³-hybridized carbons (Fsp3) is 0.500. The summed E-state index contributed by atoms with van der Waals surface area (Å²) >= 11 is 2.25. The second-order valence-corrected chi connectivity index (χ2v) is 8.07. The Hall–Kier alpha value is -1.35. The molecule has 0 bridgehead atoms. The van der Waals surface area contributed by atoms with Crippen molar-refractivity contribution in [2.45, 2.75) is 44.9 Å². The number of aromatic nitrogens is 2. The maximum Gasteiger partial charge on any atom is 0.411 e. The van der Waals surface area contributed by atoms with Gasteiger partial charge in [-0.05, 0) is 61.6 Å². The Kier molecular flexibility index (Phi) is 4.26. The Morgan fingerprint density at radius 2 is 2.22 bits per heavy atom. The largest absolute Gasteiger partial charge is 0.444 e. The molecule has 23 heavy (non-hydrogen) atoms. The van der Waals surface area contributed by atoms with E-state index in [1.54, 1.807) is 4.90 Å². The zero-order valence-electron chi connectivity index (χ0n) is 13.3. The fourth-order valence-electron chi connectivity index (χ4n) is 2.75. The number of aliphatic hydroxyl groups excluding tert-OH is 1. The van der Waals surface area contributed by atoms with Gasteiger partial charge in [0.25, 0.3) is 0 Å². The molecule has 3 rings (SSSR count). The number of hydrogen-bond donors (Lipinski definition) is 2. The molecule has 0 saturated carbocycles. The van der Waals surface area contributed by atoms with Gasteiger partial charge in [-0.1, -0.05) is 0 Å². The summed E-state index contributed by atoms with van der Waals surface area (Å²) in [5.74, 6) is 0.685. The molecule has 0 spiro atoms. The minimum absolute atomic E-state index is 0.258. The van der Waals surface area contributed by atoms with Gasteiger partial charge in [-0.3, -0.25) is 4.90 Å². The number of halogens is 1. The lowest BCUT2D eigenvalue weighted by atomic mass is 10.2. The third-order valence-corrected chi connectivity index (χ3v) is 4.36. The first-order chi connectivity index (χ1) is 10.7. The molecule has 1 amide bonds. The summed E-state index contributed by atoms with van der Waals surface area (Å²) in [7, 11) is 0. The van der Waals surface area contributed by atoms with Crippen LogP contribution in [0.4, 0.5) is 4.79 Å². The van der Waals surface area contributed by atoms with Crippen LogP contribution < -0.4 is 0 Å². The van der Waals surface area contributed by atoms with E-state index in [0.29, 0.717) is 12.2 Å².